The van der Waals surface area contributed by atoms with Crippen molar-refractivity contribution in [2.75, 3.05) is 29.5 Å². The smallest absolute Gasteiger partial charge is 0.748 e. The molecule has 1 aliphatic carbocycles. The first-order valence-electron chi connectivity index (χ1n) is 21.6. The predicted molar refractivity (Wildman–Crippen MR) is 241 cm³/mol. The normalized spacial score (nSPS) is 18.8. The number of hydrogen-bond donors (Lipinski definition) is 0. The van der Waals surface area contributed by atoms with Crippen LogP contribution < -0.4 is 128 Å². The molecule has 2 aliphatic heterocycles. The average Bonchev–Trinajstić information content (AvgIpc) is 3.57. The predicted octanol–water partition coefficient (Wildman–Crippen LogP) is -6.73. The number of benzene rings is 3. The summed E-state index contributed by atoms with van der Waals surface area (Å²) in [6.45, 7) is 4.90. The molecule has 0 fully saturated rings. The molecule has 374 valence electrons. The van der Waals surface area contributed by atoms with Crippen molar-refractivity contribution in [3.8, 4) is 0 Å². The number of carboxylic acid groups (broad SMARTS) is 1. The standard InChI is InChI=1S/C46H51F3N2O14S4.4Na/c1-45(2)34-27-32(68(60,61)62)14-16-38(34)50(21-7-23-66(54,55)56)40(45)18-12-29-9-6-10-30(43(29)44-36(48)25-31(47)26-37(44)49)13-19-41-46(3,20-5-4-11-42(52)53)35-28-33(69(63,64)65)15-17-39(35)51(41)22-8-24-67(57,58)59;;;;/h12-19,25-28H,4-11,20-24H2,1-3H3,(H4-,52,53,54,55,56,57,58,59,60,61,62,63,64,65);;;;/q;4*+1/p-4. The number of carboxylic acids is 1. The van der Waals surface area contributed by atoms with E-state index in [-0.39, 0.29) is 188 Å². The molecule has 6 rings (SSSR count). The van der Waals surface area contributed by atoms with E-state index >= 15 is 8.78 Å². The van der Waals surface area contributed by atoms with Gasteiger partial charge < -0.3 is 33.0 Å². The molecule has 0 saturated heterocycles. The SMILES string of the molecule is CC1(C)C(/C=C/C2=C(c3c(F)cc(F)cc3F)C(=C/C=C3/N(CCCS(=O)(=O)[O-])c4ccc(S(=O)(=O)[O-])cc4C3(C)CCCCC(=O)[O-])/CCC2)=[N+](CCCS(=O)(=O)[O-])c2ccc(S(=O)(=O)[O-])cc21.[Na+].[Na+].[Na+].[Na+]. The summed E-state index contributed by atoms with van der Waals surface area (Å²) in [6, 6.07) is 8.25. The van der Waals surface area contributed by atoms with Crippen LogP contribution in [0.1, 0.15) is 95.2 Å². The number of fused-ring (bicyclic) bond motifs is 2. The minimum absolute atomic E-state index is 0. The van der Waals surface area contributed by atoms with E-state index in [1.807, 2.05) is 0 Å². The largest absolute Gasteiger partial charge is 1.00 e. The summed E-state index contributed by atoms with van der Waals surface area (Å²) in [5, 5.41) is 11.3. The molecular formula is C46H47F3N2Na4O14S4. The maximum Gasteiger partial charge on any atom is 1.00 e. The molecule has 3 aliphatic rings. The van der Waals surface area contributed by atoms with E-state index in [2.05, 4.69) is 0 Å². The minimum atomic E-state index is -5.02. The number of rotatable bonds is 19. The van der Waals surface area contributed by atoms with Gasteiger partial charge in [0, 0.05) is 77.1 Å². The Morgan fingerprint density at radius 2 is 1.27 bits per heavy atom. The fourth-order valence-electron chi connectivity index (χ4n) is 9.51. The van der Waals surface area contributed by atoms with Crippen LogP contribution in [-0.2, 0) is 56.1 Å². The van der Waals surface area contributed by atoms with E-state index in [4.69, 9.17) is 0 Å². The van der Waals surface area contributed by atoms with E-state index < -0.39 is 102 Å². The monoisotopic (exact) mass is 1130 g/mol. The molecule has 3 aromatic rings. The van der Waals surface area contributed by atoms with Crippen LogP contribution in [0.2, 0.25) is 0 Å². The van der Waals surface area contributed by atoms with Gasteiger partial charge in [0.2, 0.25) is 5.69 Å². The van der Waals surface area contributed by atoms with Crippen LogP contribution in [0.15, 0.2) is 99.5 Å². The van der Waals surface area contributed by atoms with Crippen LogP contribution in [0.3, 0.4) is 0 Å². The zero-order valence-corrected chi connectivity index (χ0v) is 52.8. The first kappa shape index (κ1) is 68.1. The second-order valence-corrected chi connectivity index (χ2v) is 23.6. The molecule has 1 atom stereocenters. The Labute approximate surface area is 512 Å². The van der Waals surface area contributed by atoms with Crippen molar-refractivity contribution < 1.29 is 198 Å². The summed E-state index contributed by atoms with van der Waals surface area (Å²) in [6.07, 6.45) is 6.73. The third-order valence-electron chi connectivity index (χ3n) is 12.7. The van der Waals surface area contributed by atoms with Gasteiger partial charge in [0.05, 0.1) is 41.0 Å². The summed E-state index contributed by atoms with van der Waals surface area (Å²) in [4.78, 5) is 11.8. The molecule has 73 heavy (non-hydrogen) atoms. The Morgan fingerprint density at radius 1 is 0.712 bits per heavy atom. The molecule has 0 radical (unpaired) electrons. The van der Waals surface area contributed by atoms with E-state index in [0.717, 1.165) is 12.1 Å². The molecule has 0 saturated carbocycles. The van der Waals surface area contributed by atoms with Crippen LogP contribution in [0.5, 0.6) is 0 Å². The number of carbonyl (C=O) groups excluding carboxylic acids is 1. The van der Waals surface area contributed by atoms with E-state index in [9.17, 15) is 66.2 Å². The first-order valence-corrected chi connectivity index (χ1v) is 27.6. The van der Waals surface area contributed by atoms with Crippen molar-refractivity contribution in [1.82, 2.24) is 0 Å². The first-order chi connectivity index (χ1) is 31.9. The molecule has 0 N–H and O–H groups in total. The average molecular weight is 1130 g/mol. The molecule has 2 heterocycles. The number of carbonyl (C=O) groups is 1. The van der Waals surface area contributed by atoms with Gasteiger partial charge in [-0.15, -0.1) is 0 Å². The Hall–Kier alpha value is -1.01. The molecule has 0 aromatic heterocycles. The van der Waals surface area contributed by atoms with Crippen molar-refractivity contribution in [2.45, 2.75) is 99.2 Å². The summed E-state index contributed by atoms with van der Waals surface area (Å²) in [5.41, 5.74) is -0.138. The molecular weight excluding hydrogens is 1080 g/mol. The number of allylic oxidation sites excluding steroid dienone is 8. The van der Waals surface area contributed by atoms with Crippen LogP contribution in [0.4, 0.5) is 24.5 Å². The van der Waals surface area contributed by atoms with Gasteiger partial charge in [-0.25, -0.2) is 46.8 Å². The van der Waals surface area contributed by atoms with Crippen LogP contribution >= 0.6 is 0 Å². The number of aliphatic carboxylic acids is 1. The zero-order chi connectivity index (χ0) is 51.1. The number of halogens is 3. The third kappa shape index (κ3) is 16.5. The zero-order valence-electron chi connectivity index (χ0n) is 41.5. The number of nitrogens with zero attached hydrogens (tertiary/aromatic N) is 2. The van der Waals surface area contributed by atoms with Crippen LogP contribution in [0.25, 0.3) is 5.57 Å². The molecule has 0 spiro atoms. The summed E-state index contributed by atoms with van der Waals surface area (Å²) in [5.74, 6) is -6.59. The van der Waals surface area contributed by atoms with E-state index in [0.29, 0.717) is 63.6 Å². The van der Waals surface area contributed by atoms with Crippen molar-refractivity contribution in [1.29, 1.82) is 0 Å². The van der Waals surface area contributed by atoms with Crippen molar-refractivity contribution in [2.24, 2.45) is 0 Å². The van der Waals surface area contributed by atoms with Crippen molar-refractivity contribution in [3.63, 3.8) is 0 Å². The Kier molecular flexibility index (Phi) is 25.0. The maximum absolute atomic E-state index is 16.1. The quantitative estimate of drug-likeness (QED) is 0.0467. The topological polar surface area (TPSA) is 275 Å². The third-order valence-corrected chi connectivity index (χ3v) is 15.9. The van der Waals surface area contributed by atoms with Crippen LogP contribution in [-0.4, -0.2) is 92.7 Å². The summed E-state index contributed by atoms with van der Waals surface area (Å²) >= 11 is 0. The van der Waals surface area contributed by atoms with Gasteiger partial charge in [0.1, 0.15) is 44.2 Å². The molecule has 1 unspecified atom stereocenters. The second kappa shape index (κ2) is 26.8. The van der Waals surface area contributed by atoms with Crippen molar-refractivity contribution >= 4 is 69.1 Å². The number of unbranched alkanes of at least 4 members (excludes halogenated alkanes) is 1. The molecule has 3 aromatic carbocycles. The van der Waals surface area contributed by atoms with Gasteiger partial charge in [0.15, 0.2) is 5.71 Å². The van der Waals surface area contributed by atoms with Crippen molar-refractivity contribution in [3.05, 3.63) is 124 Å². The van der Waals surface area contributed by atoms with Gasteiger partial charge >= 0.3 is 118 Å². The molecule has 16 nitrogen and oxygen atoms in total. The van der Waals surface area contributed by atoms with Gasteiger partial charge in [-0.1, -0.05) is 18.6 Å². The Bertz CT molecular complexity index is 3220. The summed E-state index contributed by atoms with van der Waals surface area (Å²) < 4.78 is 191. The van der Waals surface area contributed by atoms with Gasteiger partial charge in [-0.2, -0.15) is 4.58 Å². The molecule has 0 bridgehead atoms. The number of hydrogen-bond acceptors (Lipinski definition) is 15. The van der Waals surface area contributed by atoms with E-state index in [1.54, 1.807) is 48.5 Å². The fourth-order valence-corrected chi connectivity index (χ4v) is 11.5. The molecule has 27 heteroatoms. The minimum Gasteiger partial charge on any atom is -0.748 e. The van der Waals surface area contributed by atoms with Crippen LogP contribution in [0, 0.1) is 17.5 Å². The van der Waals surface area contributed by atoms with Gasteiger partial charge in [0.25, 0.3) is 0 Å². The molecule has 0 amide bonds. The Balaban J connectivity index is 0.00000456. The summed E-state index contributed by atoms with van der Waals surface area (Å²) in [7, 11) is -19.3. The van der Waals surface area contributed by atoms with Gasteiger partial charge in [-0.05, 0) is 124 Å². The fraction of sp³-hybridized carbons (Fsp3) is 0.391. The Morgan fingerprint density at radius 3 is 1.84 bits per heavy atom. The maximum atomic E-state index is 16.1. The van der Waals surface area contributed by atoms with Gasteiger partial charge in [-0.3, -0.25) is 0 Å². The number of anilines is 1. The van der Waals surface area contributed by atoms with E-state index in [1.165, 1.54) is 30.3 Å². The second-order valence-electron chi connectivity index (χ2n) is 17.8.